The van der Waals surface area contributed by atoms with E-state index in [1.165, 1.54) is 11.1 Å². The van der Waals surface area contributed by atoms with Crippen LogP contribution < -0.4 is 15.0 Å². The molecule has 7 heteroatoms. The van der Waals surface area contributed by atoms with E-state index in [4.69, 9.17) is 26.9 Å². The van der Waals surface area contributed by atoms with E-state index < -0.39 is 0 Å². The van der Waals surface area contributed by atoms with Crippen molar-refractivity contribution in [2.45, 2.75) is 39.8 Å². The normalized spacial score (nSPS) is 16.7. The first-order valence-electron chi connectivity index (χ1n) is 13.4. The molecule has 5 aromatic rings. The lowest BCUT2D eigenvalue weighted by Gasteiger charge is -2.28. The Morgan fingerprint density at radius 2 is 1.50 bits per heavy atom. The number of anilines is 1. The molecule has 1 fully saturated rings. The summed E-state index contributed by atoms with van der Waals surface area (Å²) in [5.74, 6) is 2.52. The second kappa shape index (κ2) is 10.6. The van der Waals surface area contributed by atoms with Gasteiger partial charge < -0.3 is 19.5 Å². The van der Waals surface area contributed by atoms with Crippen molar-refractivity contribution in [2.24, 2.45) is 0 Å². The zero-order valence-corrected chi connectivity index (χ0v) is 23.8. The summed E-state index contributed by atoms with van der Waals surface area (Å²) in [6, 6.07) is 28.2. The van der Waals surface area contributed by atoms with Gasteiger partial charge in [-0.25, -0.2) is 4.98 Å². The van der Waals surface area contributed by atoms with E-state index in [1.807, 2.05) is 67.0 Å². The molecular weight excluding hydrogens is 514 g/mol. The lowest BCUT2D eigenvalue weighted by molar-refractivity contribution is 0.482. The summed E-state index contributed by atoms with van der Waals surface area (Å²) < 4.78 is 8.33. The zero-order valence-electron chi connectivity index (χ0n) is 23.0. The lowest BCUT2D eigenvalue weighted by atomic mass is 9.96. The lowest BCUT2D eigenvalue weighted by Crippen LogP contribution is -2.29. The first-order valence-corrected chi connectivity index (χ1v) is 13.8. The van der Waals surface area contributed by atoms with Crippen molar-refractivity contribution in [3.05, 3.63) is 131 Å². The number of hydrogen-bond donors (Lipinski definition) is 1. The Labute approximate surface area is 240 Å². The van der Waals surface area contributed by atoms with Crippen LogP contribution >= 0.6 is 12.2 Å². The Kier molecular flexibility index (Phi) is 6.82. The smallest absolute Gasteiger partial charge is 0.174 e. The van der Waals surface area contributed by atoms with Gasteiger partial charge in [0.2, 0.25) is 0 Å². The van der Waals surface area contributed by atoms with Crippen LogP contribution in [-0.2, 0) is 0 Å². The number of ether oxygens (including phenoxy) is 1. The largest absolute Gasteiger partial charge is 0.457 e. The van der Waals surface area contributed by atoms with E-state index in [0.717, 1.165) is 45.6 Å². The number of thiocarbonyl (C=S) groups is 1. The SMILES string of the molecule is Cc1ccc(Oc2ccc(N3C(=S)N[C@H](c4ccccn4)[C@@H]3c3cc(C)n(-c4ncccc4C)c3C)cc2)cc1. The maximum absolute atomic E-state index is 6.09. The van der Waals surface area contributed by atoms with Gasteiger partial charge in [0.05, 0.1) is 17.8 Å². The molecule has 200 valence electrons. The fourth-order valence-corrected chi connectivity index (χ4v) is 5.84. The van der Waals surface area contributed by atoms with Crippen molar-refractivity contribution >= 4 is 23.0 Å². The molecule has 2 atom stereocenters. The van der Waals surface area contributed by atoms with Crippen molar-refractivity contribution in [2.75, 3.05) is 4.90 Å². The van der Waals surface area contributed by atoms with Crippen LogP contribution in [0.2, 0.25) is 0 Å². The van der Waals surface area contributed by atoms with E-state index in [1.54, 1.807) is 0 Å². The second-order valence-corrected chi connectivity index (χ2v) is 10.6. The van der Waals surface area contributed by atoms with Crippen molar-refractivity contribution in [1.29, 1.82) is 0 Å². The minimum absolute atomic E-state index is 0.116. The Bertz CT molecular complexity index is 1660. The molecular formula is C33H31N5OS. The Hall–Kier alpha value is -4.49. The van der Waals surface area contributed by atoms with Crippen LogP contribution in [0.4, 0.5) is 5.69 Å². The Balaban J connectivity index is 1.41. The van der Waals surface area contributed by atoms with Gasteiger partial charge in [0.15, 0.2) is 5.11 Å². The third-order valence-corrected chi connectivity index (χ3v) is 7.77. The number of aryl methyl sites for hydroxylation is 3. The Morgan fingerprint density at radius 3 is 2.17 bits per heavy atom. The average molecular weight is 546 g/mol. The molecule has 0 aliphatic carbocycles. The first kappa shape index (κ1) is 25.8. The van der Waals surface area contributed by atoms with E-state index in [0.29, 0.717) is 5.11 Å². The molecule has 6 nitrogen and oxygen atoms in total. The van der Waals surface area contributed by atoms with Gasteiger partial charge >= 0.3 is 0 Å². The number of aromatic nitrogens is 3. The Morgan fingerprint density at radius 1 is 0.800 bits per heavy atom. The molecule has 0 bridgehead atoms. The highest BCUT2D eigenvalue weighted by molar-refractivity contribution is 7.80. The molecule has 0 spiro atoms. The van der Waals surface area contributed by atoms with Crippen molar-refractivity contribution in [3.8, 4) is 17.3 Å². The molecule has 1 aliphatic heterocycles. The first-order chi connectivity index (χ1) is 19.4. The van der Waals surface area contributed by atoms with Gasteiger partial charge in [0.1, 0.15) is 17.3 Å². The molecule has 0 unspecified atom stereocenters. The summed E-state index contributed by atoms with van der Waals surface area (Å²) in [7, 11) is 0. The summed E-state index contributed by atoms with van der Waals surface area (Å²) in [5, 5.41) is 4.23. The van der Waals surface area contributed by atoms with Crippen LogP contribution in [0.1, 0.15) is 45.9 Å². The van der Waals surface area contributed by atoms with Crippen molar-refractivity contribution in [1.82, 2.24) is 19.9 Å². The fraction of sp³-hybridized carbons (Fsp3) is 0.182. The second-order valence-electron chi connectivity index (χ2n) is 10.2. The predicted molar refractivity (Wildman–Crippen MR) is 163 cm³/mol. The minimum atomic E-state index is -0.129. The zero-order chi connectivity index (χ0) is 27.8. The topological polar surface area (TPSA) is 55.2 Å². The average Bonchev–Trinajstić information content (AvgIpc) is 3.46. The van der Waals surface area contributed by atoms with Crippen LogP contribution in [0.5, 0.6) is 11.5 Å². The monoisotopic (exact) mass is 545 g/mol. The molecule has 2 aromatic carbocycles. The standard InChI is InChI=1S/C33H31N5OS/c1-21-10-14-26(15-11-21)39-27-16-12-25(13-17-27)38-31(30(36-33(38)40)29-9-5-6-18-34-29)28-20-23(3)37(24(28)4)32-22(2)8-7-19-35-32/h5-20,30-31H,1-4H3,(H,36,40)/t30-,31+/m1/s1. The molecule has 0 saturated carbocycles. The molecule has 1 N–H and O–H groups in total. The van der Waals surface area contributed by atoms with Gasteiger partial charge in [-0.15, -0.1) is 0 Å². The third-order valence-electron chi connectivity index (χ3n) is 7.45. The molecule has 0 amide bonds. The van der Waals surface area contributed by atoms with Crippen LogP contribution in [0.15, 0.2) is 97.3 Å². The number of pyridine rings is 2. The number of hydrogen-bond acceptors (Lipinski definition) is 4. The highest BCUT2D eigenvalue weighted by atomic mass is 32.1. The van der Waals surface area contributed by atoms with Gasteiger partial charge in [0, 0.05) is 29.5 Å². The van der Waals surface area contributed by atoms with Gasteiger partial charge in [-0.3, -0.25) is 4.98 Å². The van der Waals surface area contributed by atoms with Crippen molar-refractivity contribution in [3.63, 3.8) is 0 Å². The minimum Gasteiger partial charge on any atom is -0.457 e. The van der Waals surface area contributed by atoms with Crippen molar-refractivity contribution < 1.29 is 4.74 Å². The van der Waals surface area contributed by atoms with Gasteiger partial charge in [-0.05, 0) is 112 Å². The van der Waals surface area contributed by atoms with Crippen LogP contribution in [0.25, 0.3) is 5.82 Å². The molecule has 4 heterocycles. The third kappa shape index (κ3) is 4.73. The summed E-state index contributed by atoms with van der Waals surface area (Å²) in [6.07, 6.45) is 3.67. The molecule has 40 heavy (non-hydrogen) atoms. The van der Waals surface area contributed by atoms with Crippen LogP contribution in [-0.4, -0.2) is 19.6 Å². The van der Waals surface area contributed by atoms with E-state index in [9.17, 15) is 0 Å². The van der Waals surface area contributed by atoms with E-state index in [-0.39, 0.29) is 12.1 Å². The fourth-order valence-electron chi connectivity index (χ4n) is 5.49. The maximum Gasteiger partial charge on any atom is 0.174 e. The summed E-state index contributed by atoms with van der Waals surface area (Å²) >= 11 is 5.96. The number of benzene rings is 2. The molecule has 6 rings (SSSR count). The molecule has 1 aliphatic rings. The van der Waals surface area contributed by atoms with E-state index >= 15 is 0 Å². The number of nitrogens with zero attached hydrogens (tertiary/aromatic N) is 4. The highest BCUT2D eigenvalue weighted by Crippen LogP contribution is 2.44. The van der Waals surface area contributed by atoms with Gasteiger partial charge in [-0.2, -0.15) is 0 Å². The summed E-state index contributed by atoms with van der Waals surface area (Å²) in [6.45, 7) is 8.44. The molecule has 3 aromatic heterocycles. The number of rotatable bonds is 6. The summed E-state index contributed by atoms with van der Waals surface area (Å²) in [4.78, 5) is 11.6. The maximum atomic E-state index is 6.09. The van der Waals surface area contributed by atoms with Gasteiger partial charge in [-0.1, -0.05) is 29.8 Å². The highest BCUT2D eigenvalue weighted by Gasteiger charge is 2.42. The molecule has 0 radical (unpaired) electrons. The van der Waals surface area contributed by atoms with Crippen LogP contribution in [0, 0.1) is 27.7 Å². The van der Waals surface area contributed by atoms with E-state index in [2.05, 4.69) is 72.8 Å². The summed E-state index contributed by atoms with van der Waals surface area (Å²) in [5.41, 5.74) is 7.66. The molecule has 1 saturated heterocycles. The van der Waals surface area contributed by atoms with Crippen LogP contribution in [0.3, 0.4) is 0 Å². The predicted octanol–water partition coefficient (Wildman–Crippen LogP) is 7.47. The number of nitrogens with one attached hydrogen (secondary N) is 1. The quantitative estimate of drug-likeness (QED) is 0.223. The van der Waals surface area contributed by atoms with Gasteiger partial charge in [0.25, 0.3) is 0 Å².